The fraction of sp³-hybridized carbons (Fsp3) is 0.929. The van der Waals surface area contributed by atoms with Crippen LogP contribution in [0.4, 0.5) is 0 Å². The number of carboxylic acid groups (broad SMARTS) is 1. The van der Waals surface area contributed by atoms with Crippen molar-refractivity contribution < 1.29 is 9.90 Å². The van der Waals surface area contributed by atoms with Crippen molar-refractivity contribution in [3.05, 3.63) is 0 Å². The molecular formula is C14H27NO2S. The van der Waals surface area contributed by atoms with E-state index in [9.17, 15) is 9.90 Å². The predicted octanol–water partition coefficient (Wildman–Crippen LogP) is 3.63. The molecule has 1 fully saturated rings. The molecule has 3 nitrogen and oxygen atoms in total. The van der Waals surface area contributed by atoms with E-state index >= 15 is 0 Å². The van der Waals surface area contributed by atoms with E-state index in [0.29, 0.717) is 0 Å². The molecule has 0 aromatic carbocycles. The maximum absolute atomic E-state index is 11.4. The molecule has 1 atom stereocenters. The minimum absolute atomic E-state index is 0.0292. The van der Waals surface area contributed by atoms with Gasteiger partial charge in [-0.15, -0.1) is 11.8 Å². The third kappa shape index (κ3) is 3.64. The van der Waals surface area contributed by atoms with Crippen LogP contribution in [0.15, 0.2) is 0 Å². The minimum Gasteiger partial charge on any atom is -0.480 e. The third-order valence-electron chi connectivity index (χ3n) is 3.68. The average Bonchev–Trinajstić information content (AvgIpc) is 2.56. The molecule has 0 aromatic heterocycles. The maximum atomic E-state index is 11.4. The van der Waals surface area contributed by atoms with Crippen LogP contribution in [0.5, 0.6) is 0 Å². The Kier molecular flexibility index (Phi) is 5.53. The molecule has 1 heterocycles. The van der Waals surface area contributed by atoms with Gasteiger partial charge in [0.25, 0.3) is 0 Å². The first kappa shape index (κ1) is 15.8. The van der Waals surface area contributed by atoms with E-state index in [0.717, 1.165) is 38.5 Å². The lowest BCUT2D eigenvalue weighted by Gasteiger charge is -2.30. The van der Waals surface area contributed by atoms with E-state index in [-0.39, 0.29) is 9.62 Å². The second-order valence-corrected chi connectivity index (χ2v) is 7.86. The standard InChI is InChI=1S/C14H27NO2S/c1-5-7-9-14(10-8-6-2)15-11(12(16)17)13(3,4)18-14/h11,15H,5-10H2,1-4H3,(H,16,17). The number of aliphatic carboxylic acids is 1. The summed E-state index contributed by atoms with van der Waals surface area (Å²) in [5.74, 6) is -0.720. The fourth-order valence-corrected chi connectivity index (χ4v) is 4.64. The summed E-state index contributed by atoms with van der Waals surface area (Å²) in [5.41, 5.74) is 0. The summed E-state index contributed by atoms with van der Waals surface area (Å²) in [7, 11) is 0. The Balaban J connectivity index is 2.82. The monoisotopic (exact) mass is 273 g/mol. The number of thioether (sulfide) groups is 1. The van der Waals surface area contributed by atoms with Gasteiger partial charge in [0, 0.05) is 4.75 Å². The molecule has 1 rings (SSSR count). The highest BCUT2D eigenvalue weighted by molar-refractivity contribution is 8.02. The molecule has 0 radical (unpaired) electrons. The first-order chi connectivity index (χ1) is 8.37. The Labute approximate surface area is 115 Å². The van der Waals surface area contributed by atoms with Gasteiger partial charge in [0.05, 0.1) is 4.87 Å². The average molecular weight is 273 g/mol. The van der Waals surface area contributed by atoms with Crippen molar-refractivity contribution in [1.29, 1.82) is 0 Å². The topological polar surface area (TPSA) is 49.3 Å². The Bertz CT molecular complexity index is 284. The Morgan fingerprint density at radius 2 is 1.72 bits per heavy atom. The molecule has 0 bridgehead atoms. The van der Waals surface area contributed by atoms with Crippen molar-refractivity contribution >= 4 is 17.7 Å². The number of nitrogens with one attached hydrogen (secondary N) is 1. The van der Waals surface area contributed by atoms with E-state index in [4.69, 9.17) is 0 Å². The normalized spacial score (nSPS) is 25.2. The van der Waals surface area contributed by atoms with Gasteiger partial charge in [-0.05, 0) is 26.7 Å². The number of hydrogen-bond donors (Lipinski definition) is 2. The highest BCUT2D eigenvalue weighted by Gasteiger charge is 2.52. The summed E-state index contributed by atoms with van der Waals surface area (Å²) in [6.45, 7) is 8.46. The molecule has 2 N–H and O–H groups in total. The Hall–Kier alpha value is -0.220. The van der Waals surface area contributed by atoms with Crippen LogP contribution in [0.1, 0.15) is 66.2 Å². The number of carboxylic acids is 1. The summed E-state index contributed by atoms with van der Waals surface area (Å²) < 4.78 is -0.229. The zero-order chi connectivity index (χ0) is 13.8. The van der Waals surface area contributed by atoms with E-state index in [1.165, 1.54) is 0 Å². The lowest BCUT2D eigenvalue weighted by molar-refractivity contribution is -0.140. The second kappa shape index (κ2) is 6.29. The van der Waals surface area contributed by atoms with Crippen LogP contribution < -0.4 is 5.32 Å². The molecule has 1 saturated heterocycles. The Morgan fingerprint density at radius 1 is 1.22 bits per heavy atom. The molecule has 1 aliphatic rings. The number of unbranched alkanes of at least 4 members (excludes halogenated alkanes) is 2. The van der Waals surface area contributed by atoms with Gasteiger partial charge in [-0.25, -0.2) is 0 Å². The molecule has 0 aromatic rings. The van der Waals surface area contributed by atoms with Gasteiger partial charge in [0.2, 0.25) is 0 Å². The quantitative estimate of drug-likeness (QED) is 0.743. The maximum Gasteiger partial charge on any atom is 0.322 e. The molecule has 0 aliphatic carbocycles. The van der Waals surface area contributed by atoms with Crippen LogP contribution >= 0.6 is 11.8 Å². The zero-order valence-corrected chi connectivity index (χ0v) is 12.9. The van der Waals surface area contributed by atoms with Crippen molar-refractivity contribution in [2.24, 2.45) is 0 Å². The fourth-order valence-electron chi connectivity index (χ4n) is 2.68. The van der Waals surface area contributed by atoms with Crippen LogP contribution in [0, 0.1) is 0 Å². The van der Waals surface area contributed by atoms with Crippen LogP contribution in [0.2, 0.25) is 0 Å². The molecule has 0 spiro atoms. The van der Waals surface area contributed by atoms with Gasteiger partial charge < -0.3 is 5.11 Å². The molecule has 0 amide bonds. The van der Waals surface area contributed by atoms with Gasteiger partial charge in [-0.1, -0.05) is 39.5 Å². The largest absolute Gasteiger partial charge is 0.480 e. The van der Waals surface area contributed by atoms with Gasteiger partial charge in [-0.3, -0.25) is 10.1 Å². The first-order valence-corrected chi connectivity index (χ1v) is 7.89. The van der Waals surface area contributed by atoms with Crippen LogP contribution in [-0.2, 0) is 4.79 Å². The van der Waals surface area contributed by atoms with E-state index in [1.807, 2.05) is 25.6 Å². The Morgan fingerprint density at radius 3 is 2.06 bits per heavy atom. The summed E-state index contributed by atoms with van der Waals surface area (Å²) in [6, 6.07) is -0.434. The molecule has 0 saturated carbocycles. The lowest BCUT2D eigenvalue weighted by Crippen LogP contribution is -2.48. The molecule has 18 heavy (non-hydrogen) atoms. The smallest absolute Gasteiger partial charge is 0.322 e. The first-order valence-electron chi connectivity index (χ1n) is 7.07. The van der Waals surface area contributed by atoms with Gasteiger partial charge >= 0.3 is 5.97 Å². The van der Waals surface area contributed by atoms with E-state index < -0.39 is 12.0 Å². The molecule has 4 heteroatoms. The van der Waals surface area contributed by atoms with Crippen molar-refractivity contribution in [1.82, 2.24) is 5.32 Å². The summed E-state index contributed by atoms with van der Waals surface area (Å²) >= 11 is 1.84. The van der Waals surface area contributed by atoms with Crippen molar-refractivity contribution in [3.8, 4) is 0 Å². The van der Waals surface area contributed by atoms with Gasteiger partial charge in [-0.2, -0.15) is 0 Å². The highest BCUT2D eigenvalue weighted by Crippen LogP contribution is 2.49. The third-order valence-corrected chi connectivity index (χ3v) is 5.35. The molecular weight excluding hydrogens is 246 g/mol. The van der Waals surface area contributed by atoms with Crippen molar-refractivity contribution in [2.75, 3.05) is 0 Å². The molecule has 1 unspecified atom stereocenters. The van der Waals surface area contributed by atoms with Crippen LogP contribution in [-0.4, -0.2) is 26.7 Å². The van der Waals surface area contributed by atoms with E-state index in [2.05, 4.69) is 19.2 Å². The second-order valence-electron chi connectivity index (χ2n) is 5.82. The summed E-state index contributed by atoms with van der Waals surface area (Å²) in [5, 5.41) is 12.8. The number of rotatable bonds is 7. The van der Waals surface area contributed by atoms with Crippen molar-refractivity contribution in [3.63, 3.8) is 0 Å². The van der Waals surface area contributed by atoms with Crippen molar-refractivity contribution in [2.45, 2.75) is 81.9 Å². The molecule has 1 aliphatic heterocycles. The SMILES string of the molecule is CCCCC1(CCCC)NC(C(=O)O)C(C)(C)S1. The number of carbonyl (C=O) groups is 1. The summed E-state index contributed by atoms with van der Waals surface area (Å²) in [4.78, 5) is 11.3. The van der Waals surface area contributed by atoms with Gasteiger partial charge in [0.1, 0.15) is 6.04 Å². The van der Waals surface area contributed by atoms with Crippen LogP contribution in [0.25, 0.3) is 0 Å². The molecule has 106 valence electrons. The lowest BCUT2D eigenvalue weighted by atomic mass is 9.98. The van der Waals surface area contributed by atoms with Gasteiger partial charge in [0.15, 0.2) is 0 Å². The van der Waals surface area contributed by atoms with E-state index in [1.54, 1.807) is 0 Å². The minimum atomic E-state index is -0.720. The van der Waals surface area contributed by atoms with Crippen LogP contribution in [0.3, 0.4) is 0 Å². The predicted molar refractivity (Wildman–Crippen MR) is 78.0 cm³/mol. The zero-order valence-electron chi connectivity index (χ0n) is 12.1. The summed E-state index contributed by atoms with van der Waals surface area (Å²) in [6.07, 6.45) is 6.78. The highest BCUT2D eigenvalue weighted by atomic mass is 32.2. The number of hydrogen-bond acceptors (Lipinski definition) is 3.